The maximum Gasteiger partial charge on any atom is 0.337 e. The van der Waals surface area contributed by atoms with E-state index in [9.17, 15) is 14.7 Å². The quantitative estimate of drug-likeness (QED) is 0.621. The smallest absolute Gasteiger partial charge is 0.337 e. The number of aromatic carboxylic acids is 1. The van der Waals surface area contributed by atoms with Gasteiger partial charge in [-0.05, 0) is 48.6 Å². The van der Waals surface area contributed by atoms with Gasteiger partial charge in [-0.15, -0.1) is 0 Å². The Bertz CT molecular complexity index is 860. The second-order valence-electron chi connectivity index (χ2n) is 4.75. The van der Waals surface area contributed by atoms with Crippen molar-refractivity contribution in [2.24, 2.45) is 0 Å². The summed E-state index contributed by atoms with van der Waals surface area (Å²) in [4.78, 5) is 23.6. The molecule has 0 saturated carbocycles. The van der Waals surface area contributed by atoms with E-state index in [1.807, 2.05) is 0 Å². The summed E-state index contributed by atoms with van der Waals surface area (Å²) in [6.07, 6.45) is 0. The van der Waals surface area contributed by atoms with E-state index < -0.39 is 11.9 Å². The van der Waals surface area contributed by atoms with E-state index in [-0.39, 0.29) is 21.9 Å². The molecule has 0 aromatic heterocycles. The maximum absolute atomic E-state index is 12.3. The first kappa shape index (κ1) is 19.2. The number of ether oxygens (including phenoxy) is 1. The van der Waals surface area contributed by atoms with Gasteiger partial charge in [0.05, 0.1) is 23.9 Å². The second kappa shape index (κ2) is 8.28. The fourth-order valence-corrected chi connectivity index (χ4v) is 2.72. The summed E-state index contributed by atoms with van der Waals surface area (Å²) in [6.45, 7) is 0. The van der Waals surface area contributed by atoms with Crippen LogP contribution < -0.4 is 15.4 Å². The Hall–Kier alpha value is -2.16. The minimum absolute atomic E-state index is 0.00584. The molecule has 2 rings (SSSR count). The van der Waals surface area contributed by atoms with E-state index in [1.54, 1.807) is 18.2 Å². The number of rotatable bonds is 4. The van der Waals surface area contributed by atoms with Crippen LogP contribution in [0.1, 0.15) is 20.7 Å². The summed E-state index contributed by atoms with van der Waals surface area (Å²) in [5.41, 5.74) is 0.457. The predicted octanol–water partition coefficient (Wildman–Crippen LogP) is 3.94. The number of carbonyl (C=O) groups excluding carboxylic acids is 1. The molecule has 0 spiro atoms. The van der Waals surface area contributed by atoms with Crippen LogP contribution in [0, 0.1) is 0 Å². The van der Waals surface area contributed by atoms with Crippen LogP contribution in [0.15, 0.2) is 40.9 Å². The third-order valence-electron chi connectivity index (χ3n) is 3.09. The first-order valence-corrected chi connectivity index (χ1v) is 8.38. The lowest BCUT2D eigenvalue weighted by Crippen LogP contribution is -2.34. The van der Waals surface area contributed by atoms with Crippen molar-refractivity contribution in [3.05, 3.63) is 57.0 Å². The molecule has 25 heavy (non-hydrogen) atoms. The van der Waals surface area contributed by atoms with Gasteiger partial charge in [-0.1, -0.05) is 27.5 Å². The van der Waals surface area contributed by atoms with Gasteiger partial charge in [0.1, 0.15) is 5.75 Å². The van der Waals surface area contributed by atoms with Crippen LogP contribution in [0.2, 0.25) is 5.02 Å². The van der Waals surface area contributed by atoms with E-state index in [0.717, 1.165) is 0 Å². The molecule has 130 valence electrons. The first-order valence-electron chi connectivity index (χ1n) is 6.80. The van der Waals surface area contributed by atoms with Gasteiger partial charge in [0, 0.05) is 9.50 Å². The second-order valence-corrected chi connectivity index (χ2v) is 6.51. The molecule has 0 unspecified atom stereocenters. The molecule has 0 radical (unpaired) electrons. The molecule has 3 N–H and O–H groups in total. The number of hydrogen-bond donors (Lipinski definition) is 3. The van der Waals surface area contributed by atoms with Gasteiger partial charge in [0.25, 0.3) is 5.91 Å². The minimum atomic E-state index is -1.13. The number of halogens is 2. The van der Waals surface area contributed by atoms with Crippen LogP contribution in [-0.2, 0) is 0 Å². The molecule has 0 aliphatic carbocycles. The fourth-order valence-electron chi connectivity index (χ4n) is 1.98. The van der Waals surface area contributed by atoms with Crippen LogP contribution in [0.3, 0.4) is 0 Å². The van der Waals surface area contributed by atoms with Gasteiger partial charge in [-0.2, -0.15) is 0 Å². The van der Waals surface area contributed by atoms with E-state index >= 15 is 0 Å². The molecular formula is C16H12BrClN2O4S. The molecule has 2 aromatic carbocycles. The van der Waals surface area contributed by atoms with Crippen LogP contribution in [0.4, 0.5) is 5.69 Å². The van der Waals surface area contributed by atoms with Crippen molar-refractivity contribution in [1.29, 1.82) is 0 Å². The number of methoxy groups -OCH3 is 1. The lowest BCUT2D eigenvalue weighted by Gasteiger charge is -2.13. The number of nitrogens with one attached hydrogen (secondary N) is 2. The van der Waals surface area contributed by atoms with Crippen molar-refractivity contribution in [1.82, 2.24) is 5.32 Å². The van der Waals surface area contributed by atoms with E-state index in [4.69, 9.17) is 28.6 Å². The number of carbonyl (C=O) groups is 2. The average molecular weight is 444 g/mol. The summed E-state index contributed by atoms with van der Waals surface area (Å²) in [7, 11) is 1.43. The van der Waals surface area contributed by atoms with Gasteiger partial charge in [0.2, 0.25) is 0 Å². The number of anilines is 1. The highest BCUT2D eigenvalue weighted by Crippen LogP contribution is 2.23. The van der Waals surface area contributed by atoms with Crippen LogP contribution in [0.25, 0.3) is 0 Å². The predicted molar refractivity (Wildman–Crippen MR) is 103 cm³/mol. The van der Waals surface area contributed by atoms with Gasteiger partial charge in [0.15, 0.2) is 5.11 Å². The number of benzene rings is 2. The monoisotopic (exact) mass is 442 g/mol. The number of amides is 1. The fraction of sp³-hybridized carbons (Fsp3) is 0.0625. The Labute approximate surface area is 162 Å². The molecule has 0 heterocycles. The number of carboxylic acids is 1. The van der Waals surface area contributed by atoms with Crippen LogP contribution in [0.5, 0.6) is 5.75 Å². The maximum atomic E-state index is 12.3. The summed E-state index contributed by atoms with van der Waals surface area (Å²) in [5.74, 6) is -1.33. The molecule has 9 heteroatoms. The number of thiocarbonyl (C=S) groups is 1. The summed E-state index contributed by atoms with van der Waals surface area (Å²) in [5, 5.41) is 14.7. The highest BCUT2D eigenvalue weighted by Gasteiger charge is 2.16. The highest BCUT2D eigenvalue weighted by molar-refractivity contribution is 9.10. The van der Waals surface area contributed by atoms with Crippen molar-refractivity contribution in [3.63, 3.8) is 0 Å². The molecule has 0 saturated heterocycles. The molecule has 0 aliphatic heterocycles. The molecule has 0 fully saturated rings. The normalized spacial score (nSPS) is 10.0. The minimum Gasteiger partial charge on any atom is -0.496 e. The van der Waals surface area contributed by atoms with Crippen LogP contribution in [-0.4, -0.2) is 29.2 Å². The van der Waals surface area contributed by atoms with Crippen molar-refractivity contribution in [3.8, 4) is 5.75 Å². The molecule has 1 amide bonds. The van der Waals surface area contributed by atoms with E-state index in [2.05, 4.69) is 26.6 Å². The SMILES string of the molecule is COc1ccc(Cl)cc1C(=O)NC(=S)Nc1ccc(Br)cc1C(=O)O. The Kier molecular flexibility index (Phi) is 6.35. The standard InChI is InChI=1S/C16H12BrClN2O4S/c1-24-13-5-3-9(18)7-11(13)14(21)20-16(25)19-12-4-2-8(17)6-10(12)15(22)23/h2-7H,1H3,(H,22,23)(H2,19,20,21,25). The third kappa shape index (κ3) is 4.91. The Morgan fingerprint density at radius 2 is 1.92 bits per heavy atom. The summed E-state index contributed by atoms with van der Waals surface area (Å²) < 4.78 is 5.72. The average Bonchev–Trinajstić information content (AvgIpc) is 2.56. The number of hydrogen-bond acceptors (Lipinski definition) is 4. The van der Waals surface area contributed by atoms with E-state index in [0.29, 0.717) is 15.2 Å². The summed E-state index contributed by atoms with van der Waals surface area (Å²) >= 11 is 14.2. The van der Waals surface area contributed by atoms with E-state index in [1.165, 1.54) is 25.3 Å². The molecule has 0 atom stereocenters. The zero-order valence-corrected chi connectivity index (χ0v) is 16.0. The van der Waals surface area contributed by atoms with Crippen LogP contribution >= 0.6 is 39.7 Å². The van der Waals surface area contributed by atoms with Gasteiger partial charge < -0.3 is 15.2 Å². The number of carboxylic acid groups (broad SMARTS) is 1. The molecular weight excluding hydrogens is 432 g/mol. The molecule has 0 aliphatic rings. The van der Waals surface area contributed by atoms with Crippen molar-refractivity contribution < 1.29 is 19.4 Å². The topological polar surface area (TPSA) is 87.7 Å². The largest absolute Gasteiger partial charge is 0.496 e. The van der Waals surface area contributed by atoms with Gasteiger partial charge >= 0.3 is 5.97 Å². The molecule has 2 aromatic rings. The highest BCUT2D eigenvalue weighted by atomic mass is 79.9. The van der Waals surface area contributed by atoms with Gasteiger partial charge in [-0.3, -0.25) is 10.1 Å². The zero-order valence-electron chi connectivity index (χ0n) is 12.8. The zero-order chi connectivity index (χ0) is 18.6. The van der Waals surface area contributed by atoms with Crippen molar-refractivity contribution >= 4 is 62.4 Å². The Morgan fingerprint density at radius 1 is 1.20 bits per heavy atom. The van der Waals surface area contributed by atoms with Crippen molar-refractivity contribution in [2.75, 3.05) is 12.4 Å². The lowest BCUT2D eigenvalue weighted by molar-refractivity contribution is 0.0697. The Balaban J connectivity index is 2.17. The summed E-state index contributed by atoms with van der Waals surface area (Å²) in [6, 6.07) is 9.21. The lowest BCUT2D eigenvalue weighted by atomic mass is 10.2. The first-order chi connectivity index (χ1) is 11.8. The molecule has 6 nitrogen and oxygen atoms in total. The third-order valence-corrected chi connectivity index (χ3v) is 4.03. The molecule has 0 bridgehead atoms. The Morgan fingerprint density at radius 3 is 2.56 bits per heavy atom. The van der Waals surface area contributed by atoms with Crippen molar-refractivity contribution in [2.45, 2.75) is 0 Å². The van der Waals surface area contributed by atoms with Gasteiger partial charge in [-0.25, -0.2) is 4.79 Å².